The molecule has 0 aliphatic heterocycles. The minimum atomic E-state index is 0.0256. The zero-order chi connectivity index (χ0) is 8.01. The molecule has 0 fully saturated rings. The molecule has 0 aromatic rings. The van der Waals surface area contributed by atoms with Crippen molar-refractivity contribution in [1.82, 2.24) is 0 Å². The first-order valence-corrected chi connectivity index (χ1v) is 3.70. The SMILES string of the molecule is CC1CC2=C1C(=O)C=CC2=O. The van der Waals surface area contributed by atoms with Crippen molar-refractivity contribution in [2.45, 2.75) is 13.3 Å². The van der Waals surface area contributed by atoms with Crippen LogP contribution in [0.15, 0.2) is 23.3 Å². The minimum Gasteiger partial charge on any atom is -0.290 e. The summed E-state index contributed by atoms with van der Waals surface area (Å²) >= 11 is 0. The molecule has 2 aliphatic carbocycles. The van der Waals surface area contributed by atoms with E-state index in [1.165, 1.54) is 12.2 Å². The third-order valence-corrected chi connectivity index (χ3v) is 2.28. The monoisotopic (exact) mass is 148 g/mol. The van der Waals surface area contributed by atoms with Crippen molar-refractivity contribution in [2.75, 3.05) is 0 Å². The molecule has 0 saturated carbocycles. The van der Waals surface area contributed by atoms with Crippen molar-refractivity contribution in [3.63, 3.8) is 0 Å². The Morgan fingerprint density at radius 3 is 2.45 bits per heavy atom. The average molecular weight is 148 g/mol. The van der Waals surface area contributed by atoms with Crippen LogP contribution in [0.4, 0.5) is 0 Å². The van der Waals surface area contributed by atoms with E-state index in [1.807, 2.05) is 6.92 Å². The van der Waals surface area contributed by atoms with Gasteiger partial charge < -0.3 is 0 Å². The van der Waals surface area contributed by atoms with Crippen LogP contribution in [-0.4, -0.2) is 11.6 Å². The van der Waals surface area contributed by atoms with E-state index in [-0.39, 0.29) is 11.6 Å². The molecule has 2 heteroatoms. The molecular formula is C9H8O2. The Morgan fingerprint density at radius 2 is 1.91 bits per heavy atom. The zero-order valence-electron chi connectivity index (χ0n) is 6.26. The highest BCUT2D eigenvalue weighted by Gasteiger charge is 2.34. The lowest BCUT2D eigenvalue weighted by atomic mass is 9.72. The van der Waals surface area contributed by atoms with Crippen LogP contribution in [0.5, 0.6) is 0 Å². The molecule has 2 nitrogen and oxygen atoms in total. The van der Waals surface area contributed by atoms with E-state index in [0.717, 1.165) is 17.6 Å². The molecule has 0 aromatic heterocycles. The molecule has 0 bridgehead atoms. The largest absolute Gasteiger partial charge is 0.290 e. The van der Waals surface area contributed by atoms with Crippen molar-refractivity contribution in [2.24, 2.45) is 5.92 Å². The Bertz CT molecular complexity index is 308. The van der Waals surface area contributed by atoms with Gasteiger partial charge in [-0.3, -0.25) is 9.59 Å². The van der Waals surface area contributed by atoms with Crippen LogP contribution in [0.25, 0.3) is 0 Å². The zero-order valence-corrected chi connectivity index (χ0v) is 6.26. The van der Waals surface area contributed by atoms with Crippen molar-refractivity contribution in [1.29, 1.82) is 0 Å². The summed E-state index contributed by atoms with van der Waals surface area (Å²) in [5.74, 6) is 0.349. The second kappa shape index (κ2) is 1.91. The van der Waals surface area contributed by atoms with Gasteiger partial charge in [0, 0.05) is 11.1 Å². The second-order valence-electron chi connectivity index (χ2n) is 3.06. The van der Waals surface area contributed by atoms with E-state index < -0.39 is 0 Å². The van der Waals surface area contributed by atoms with Gasteiger partial charge in [-0.05, 0) is 24.5 Å². The molecule has 0 N–H and O–H groups in total. The van der Waals surface area contributed by atoms with Crippen LogP contribution in [0, 0.1) is 5.92 Å². The fourth-order valence-electron chi connectivity index (χ4n) is 1.65. The maximum Gasteiger partial charge on any atom is 0.182 e. The smallest absolute Gasteiger partial charge is 0.182 e. The summed E-state index contributed by atoms with van der Waals surface area (Å²) in [5, 5.41) is 0. The number of allylic oxidation sites excluding steroid dienone is 4. The maximum atomic E-state index is 11.1. The molecule has 0 heterocycles. The summed E-state index contributed by atoms with van der Waals surface area (Å²) < 4.78 is 0. The predicted octanol–water partition coefficient (Wildman–Crippen LogP) is 1.03. The first kappa shape index (κ1) is 6.53. The number of rotatable bonds is 0. The fraction of sp³-hybridized carbons (Fsp3) is 0.333. The molecule has 0 spiro atoms. The molecule has 11 heavy (non-hydrogen) atoms. The van der Waals surface area contributed by atoms with Gasteiger partial charge in [-0.2, -0.15) is 0 Å². The summed E-state index contributed by atoms with van der Waals surface area (Å²) in [7, 11) is 0. The molecule has 1 atom stereocenters. The van der Waals surface area contributed by atoms with Crippen LogP contribution in [0.1, 0.15) is 13.3 Å². The number of carbonyl (C=O) groups is 2. The molecule has 2 aliphatic rings. The van der Waals surface area contributed by atoms with Crippen LogP contribution in [0.2, 0.25) is 0 Å². The van der Waals surface area contributed by atoms with Gasteiger partial charge in [0.25, 0.3) is 0 Å². The van der Waals surface area contributed by atoms with Gasteiger partial charge in [0.15, 0.2) is 11.6 Å². The predicted molar refractivity (Wildman–Crippen MR) is 40.0 cm³/mol. The molecule has 0 radical (unpaired) electrons. The van der Waals surface area contributed by atoms with Crippen LogP contribution in [0.3, 0.4) is 0 Å². The highest BCUT2D eigenvalue weighted by molar-refractivity contribution is 6.22. The lowest BCUT2D eigenvalue weighted by Gasteiger charge is -2.29. The van der Waals surface area contributed by atoms with Crippen molar-refractivity contribution in [3.8, 4) is 0 Å². The van der Waals surface area contributed by atoms with Gasteiger partial charge in [-0.15, -0.1) is 0 Å². The van der Waals surface area contributed by atoms with Crippen LogP contribution < -0.4 is 0 Å². The van der Waals surface area contributed by atoms with Gasteiger partial charge in [-0.25, -0.2) is 0 Å². The molecule has 0 amide bonds. The van der Waals surface area contributed by atoms with Crippen LogP contribution >= 0.6 is 0 Å². The number of ketones is 2. The first-order chi connectivity index (χ1) is 5.20. The highest BCUT2D eigenvalue weighted by Crippen LogP contribution is 2.37. The quantitative estimate of drug-likeness (QED) is 0.481. The van der Waals surface area contributed by atoms with Gasteiger partial charge in [-0.1, -0.05) is 6.92 Å². The minimum absolute atomic E-state index is 0.0256. The first-order valence-electron chi connectivity index (χ1n) is 3.70. The van der Waals surface area contributed by atoms with Crippen molar-refractivity contribution >= 4 is 11.6 Å². The molecule has 1 unspecified atom stereocenters. The Morgan fingerprint density at radius 1 is 1.27 bits per heavy atom. The lowest BCUT2D eigenvalue weighted by molar-refractivity contribution is -0.116. The van der Waals surface area contributed by atoms with E-state index in [4.69, 9.17) is 0 Å². The van der Waals surface area contributed by atoms with Gasteiger partial charge in [0.2, 0.25) is 0 Å². The third kappa shape index (κ3) is 0.723. The summed E-state index contributed by atoms with van der Waals surface area (Å²) in [6.07, 6.45) is 3.52. The van der Waals surface area contributed by atoms with Crippen molar-refractivity contribution < 1.29 is 9.59 Å². The van der Waals surface area contributed by atoms with E-state index in [0.29, 0.717) is 5.92 Å². The number of hydrogen-bond donors (Lipinski definition) is 0. The van der Waals surface area contributed by atoms with Gasteiger partial charge in [0.1, 0.15) is 0 Å². The number of hydrogen-bond acceptors (Lipinski definition) is 2. The lowest BCUT2D eigenvalue weighted by Crippen LogP contribution is -2.28. The van der Waals surface area contributed by atoms with Gasteiger partial charge >= 0.3 is 0 Å². The standard InChI is InChI=1S/C9H8O2/c1-5-4-6-7(10)2-3-8(11)9(5)6/h2-3,5H,4H2,1H3. The van der Waals surface area contributed by atoms with E-state index in [1.54, 1.807) is 0 Å². The van der Waals surface area contributed by atoms with Gasteiger partial charge in [0.05, 0.1) is 0 Å². The molecule has 2 rings (SSSR count). The fourth-order valence-corrected chi connectivity index (χ4v) is 1.65. The molecular weight excluding hydrogens is 140 g/mol. The maximum absolute atomic E-state index is 11.1. The second-order valence-corrected chi connectivity index (χ2v) is 3.06. The summed E-state index contributed by atoms with van der Waals surface area (Å²) in [6.45, 7) is 1.98. The molecule has 0 aromatic carbocycles. The topological polar surface area (TPSA) is 34.1 Å². The average Bonchev–Trinajstić information content (AvgIpc) is 1.93. The van der Waals surface area contributed by atoms with Crippen LogP contribution in [-0.2, 0) is 9.59 Å². The summed E-state index contributed by atoms with van der Waals surface area (Å²) in [4.78, 5) is 22.2. The van der Waals surface area contributed by atoms with E-state index in [2.05, 4.69) is 0 Å². The van der Waals surface area contributed by atoms with Crippen molar-refractivity contribution in [3.05, 3.63) is 23.3 Å². The van der Waals surface area contributed by atoms with E-state index in [9.17, 15) is 9.59 Å². The molecule has 56 valence electrons. The number of carbonyl (C=O) groups excluding carboxylic acids is 2. The molecule has 0 saturated heterocycles. The Kier molecular flexibility index (Phi) is 1.13. The third-order valence-electron chi connectivity index (χ3n) is 2.28. The Labute approximate surface area is 64.6 Å². The Balaban J connectivity index is 2.46. The Hall–Kier alpha value is -1.18. The van der Waals surface area contributed by atoms with E-state index >= 15 is 0 Å². The summed E-state index contributed by atoms with van der Waals surface area (Å²) in [5.41, 5.74) is 1.49. The summed E-state index contributed by atoms with van der Waals surface area (Å²) in [6, 6.07) is 0. The highest BCUT2D eigenvalue weighted by atomic mass is 16.1. The normalized spacial score (nSPS) is 28.6.